The van der Waals surface area contributed by atoms with Crippen LogP contribution in [0.25, 0.3) is 11.5 Å². The molecule has 0 radical (unpaired) electrons. The quantitative estimate of drug-likeness (QED) is 0.648. The van der Waals surface area contributed by atoms with Crippen LogP contribution in [-0.2, 0) is 12.2 Å². The lowest BCUT2D eigenvalue weighted by Crippen LogP contribution is -1.85. The van der Waals surface area contributed by atoms with Crippen molar-refractivity contribution in [3.8, 4) is 11.5 Å². The van der Waals surface area contributed by atoms with Gasteiger partial charge in [-0.2, -0.15) is 0 Å². The van der Waals surface area contributed by atoms with Crippen LogP contribution in [0, 0.1) is 0 Å². The molecule has 6 nitrogen and oxygen atoms in total. The number of aryl methyl sites for hydroxylation is 1. The number of nitrogens with one attached hydrogen (secondary N) is 1. The van der Waals surface area contributed by atoms with Crippen molar-refractivity contribution in [3.05, 3.63) is 40.0 Å². The van der Waals surface area contributed by atoms with Gasteiger partial charge in [-0.15, -0.1) is 15.3 Å². The number of hydrogen-bond acceptors (Lipinski definition) is 6. The number of aromatic nitrogens is 5. The van der Waals surface area contributed by atoms with E-state index in [4.69, 9.17) is 27.6 Å². The number of halogens is 2. The fourth-order valence-electron chi connectivity index (χ4n) is 1.90. The Balaban J connectivity index is 1.67. The van der Waals surface area contributed by atoms with E-state index in [0.717, 1.165) is 18.7 Å². The van der Waals surface area contributed by atoms with E-state index in [2.05, 4.69) is 32.3 Å². The van der Waals surface area contributed by atoms with E-state index in [1.807, 2.05) is 0 Å². The molecule has 3 rings (SSSR count). The summed E-state index contributed by atoms with van der Waals surface area (Å²) < 4.78 is 5.63. The summed E-state index contributed by atoms with van der Waals surface area (Å²) in [6.07, 6.45) is 1.90. The molecule has 0 aliphatic heterocycles. The highest BCUT2D eigenvalue weighted by Crippen LogP contribution is 2.30. The lowest BCUT2D eigenvalue weighted by molar-refractivity contribution is 0.528. The minimum atomic E-state index is 0.365. The Hall–Kier alpha value is -1.57. The van der Waals surface area contributed by atoms with Gasteiger partial charge in [-0.1, -0.05) is 41.9 Å². The Morgan fingerprint density at radius 1 is 1.26 bits per heavy atom. The summed E-state index contributed by atoms with van der Waals surface area (Å²) in [5.41, 5.74) is 0.656. The molecule has 3 aromatic rings. The topological polar surface area (TPSA) is 80.5 Å². The number of hydrogen-bond donors (Lipinski definition) is 1. The normalized spacial score (nSPS) is 11.1. The molecule has 0 unspecified atom stereocenters. The Bertz CT molecular complexity index is 804. The monoisotopic (exact) mass is 369 g/mol. The number of H-pyrrole nitrogens is 1. The van der Waals surface area contributed by atoms with Gasteiger partial charge in [0, 0.05) is 11.4 Å². The highest BCUT2D eigenvalue weighted by atomic mass is 35.5. The fourth-order valence-corrected chi connectivity index (χ4v) is 3.04. The molecule has 0 aliphatic rings. The Kier molecular flexibility index (Phi) is 5.20. The van der Waals surface area contributed by atoms with Crippen molar-refractivity contribution in [2.24, 2.45) is 0 Å². The van der Waals surface area contributed by atoms with Crippen LogP contribution in [-0.4, -0.2) is 25.4 Å². The van der Waals surface area contributed by atoms with Crippen molar-refractivity contribution in [2.75, 3.05) is 0 Å². The van der Waals surface area contributed by atoms with Gasteiger partial charge in [-0.3, -0.25) is 5.10 Å². The smallest absolute Gasteiger partial charge is 0.249 e. The molecule has 0 aliphatic carbocycles. The van der Waals surface area contributed by atoms with Crippen LogP contribution in [0.2, 0.25) is 10.0 Å². The molecule has 9 heteroatoms. The highest BCUT2D eigenvalue weighted by molar-refractivity contribution is 7.98. The summed E-state index contributed by atoms with van der Waals surface area (Å²) in [5, 5.41) is 16.8. The van der Waals surface area contributed by atoms with Crippen molar-refractivity contribution >= 4 is 35.0 Å². The lowest BCUT2D eigenvalue weighted by atomic mass is 10.2. The Morgan fingerprint density at radius 3 is 2.91 bits per heavy atom. The molecule has 0 saturated carbocycles. The second kappa shape index (κ2) is 7.33. The lowest BCUT2D eigenvalue weighted by Gasteiger charge is -1.98. The van der Waals surface area contributed by atoms with Gasteiger partial charge < -0.3 is 4.42 Å². The van der Waals surface area contributed by atoms with Crippen LogP contribution in [0.1, 0.15) is 25.1 Å². The van der Waals surface area contributed by atoms with Crippen LogP contribution in [0.3, 0.4) is 0 Å². The minimum absolute atomic E-state index is 0.365. The third kappa shape index (κ3) is 4.04. The molecule has 1 aromatic carbocycles. The third-order valence-corrected chi connectivity index (χ3v) is 4.33. The van der Waals surface area contributed by atoms with Crippen LogP contribution in [0.15, 0.2) is 27.8 Å². The average Bonchev–Trinajstić information content (AvgIpc) is 3.15. The van der Waals surface area contributed by atoms with E-state index in [1.165, 1.54) is 11.8 Å². The van der Waals surface area contributed by atoms with Gasteiger partial charge in [0.15, 0.2) is 0 Å². The second-order valence-corrected chi connectivity index (χ2v) is 6.51. The van der Waals surface area contributed by atoms with Gasteiger partial charge in [0.05, 0.1) is 16.3 Å². The van der Waals surface area contributed by atoms with Gasteiger partial charge in [0.25, 0.3) is 0 Å². The average molecular weight is 370 g/mol. The van der Waals surface area contributed by atoms with Crippen molar-refractivity contribution < 1.29 is 4.42 Å². The molecule has 120 valence electrons. The van der Waals surface area contributed by atoms with Crippen molar-refractivity contribution in [1.29, 1.82) is 0 Å². The van der Waals surface area contributed by atoms with E-state index in [1.54, 1.807) is 18.2 Å². The van der Waals surface area contributed by atoms with E-state index < -0.39 is 0 Å². The molecule has 0 spiro atoms. The summed E-state index contributed by atoms with van der Waals surface area (Å²) >= 11 is 13.4. The minimum Gasteiger partial charge on any atom is -0.420 e. The van der Waals surface area contributed by atoms with Gasteiger partial charge in [-0.25, -0.2) is 4.98 Å². The number of nitrogens with zero attached hydrogens (tertiary/aromatic N) is 4. The van der Waals surface area contributed by atoms with Crippen molar-refractivity contribution in [1.82, 2.24) is 25.4 Å². The molecule has 0 fully saturated rings. The number of aromatic amines is 1. The summed E-state index contributed by atoms with van der Waals surface area (Å²) in [6, 6.07) is 5.12. The first-order chi connectivity index (χ1) is 11.2. The predicted molar refractivity (Wildman–Crippen MR) is 89.7 cm³/mol. The maximum Gasteiger partial charge on any atom is 0.249 e. The first-order valence-corrected chi connectivity index (χ1v) is 8.71. The molecule has 2 aromatic heterocycles. The van der Waals surface area contributed by atoms with Gasteiger partial charge >= 0.3 is 0 Å². The number of thioether (sulfide) groups is 1. The van der Waals surface area contributed by atoms with Crippen LogP contribution in [0.4, 0.5) is 0 Å². The molecule has 0 amide bonds. The van der Waals surface area contributed by atoms with E-state index in [9.17, 15) is 0 Å². The first-order valence-electron chi connectivity index (χ1n) is 6.97. The standard InChI is InChI=1S/C14H13Cl2N5OS/c1-2-3-11-17-14(21-18-11)23-7-12-19-20-13(22-12)9-5-4-8(15)6-10(9)16/h4-6H,2-3,7H2,1H3,(H,17,18,21). The molecule has 1 N–H and O–H groups in total. The summed E-state index contributed by atoms with van der Waals surface area (Å²) in [4.78, 5) is 4.37. The zero-order valence-electron chi connectivity index (χ0n) is 12.2. The van der Waals surface area contributed by atoms with Crippen LogP contribution < -0.4 is 0 Å². The predicted octanol–water partition coefficient (Wildman–Crippen LogP) is 4.41. The number of benzene rings is 1. The summed E-state index contributed by atoms with van der Waals surface area (Å²) in [6.45, 7) is 2.09. The number of rotatable bonds is 6. The highest BCUT2D eigenvalue weighted by Gasteiger charge is 2.13. The Labute approximate surface area is 147 Å². The first kappa shape index (κ1) is 16.3. The molecular formula is C14H13Cl2N5OS. The SMILES string of the molecule is CCCc1nc(SCc2nnc(-c3ccc(Cl)cc3Cl)o2)n[nH]1. The zero-order chi connectivity index (χ0) is 16.2. The summed E-state index contributed by atoms with van der Waals surface area (Å²) in [5.74, 6) is 2.22. The van der Waals surface area contributed by atoms with E-state index in [0.29, 0.717) is 38.3 Å². The molecule has 23 heavy (non-hydrogen) atoms. The van der Waals surface area contributed by atoms with Crippen LogP contribution in [0.5, 0.6) is 0 Å². The fraction of sp³-hybridized carbons (Fsp3) is 0.286. The van der Waals surface area contributed by atoms with E-state index in [-0.39, 0.29) is 0 Å². The van der Waals surface area contributed by atoms with Crippen molar-refractivity contribution in [3.63, 3.8) is 0 Å². The van der Waals surface area contributed by atoms with Crippen molar-refractivity contribution in [2.45, 2.75) is 30.7 Å². The van der Waals surface area contributed by atoms with Gasteiger partial charge in [0.1, 0.15) is 5.82 Å². The maximum absolute atomic E-state index is 6.14. The third-order valence-electron chi connectivity index (χ3n) is 2.95. The van der Waals surface area contributed by atoms with E-state index >= 15 is 0 Å². The zero-order valence-corrected chi connectivity index (χ0v) is 14.5. The summed E-state index contributed by atoms with van der Waals surface area (Å²) in [7, 11) is 0. The van der Waals surface area contributed by atoms with Gasteiger partial charge in [-0.05, 0) is 24.6 Å². The largest absolute Gasteiger partial charge is 0.420 e. The molecule has 2 heterocycles. The van der Waals surface area contributed by atoms with Crippen LogP contribution >= 0.6 is 35.0 Å². The molecular weight excluding hydrogens is 357 g/mol. The second-order valence-electron chi connectivity index (χ2n) is 4.73. The molecule has 0 saturated heterocycles. The Morgan fingerprint density at radius 2 is 2.13 bits per heavy atom. The molecule has 0 bridgehead atoms. The maximum atomic E-state index is 6.14. The molecule has 0 atom stereocenters. The van der Waals surface area contributed by atoms with Gasteiger partial charge in [0.2, 0.25) is 16.9 Å².